The Morgan fingerprint density at radius 3 is 2.33 bits per heavy atom. The van der Waals surface area contributed by atoms with Gasteiger partial charge in [0.2, 0.25) is 0 Å². The molecule has 1 aromatic heterocycles. The Hall–Kier alpha value is -2.94. The van der Waals surface area contributed by atoms with E-state index >= 15 is 0 Å². The maximum absolute atomic E-state index is 12.2. The summed E-state index contributed by atoms with van der Waals surface area (Å²) in [6, 6.07) is 10.4. The maximum atomic E-state index is 12.2. The molecule has 0 saturated carbocycles. The number of aromatic nitrogens is 2. The first-order valence-electron chi connectivity index (χ1n) is 6.50. The third-order valence-electron chi connectivity index (χ3n) is 3.56. The smallest absolute Gasteiger partial charge is 0.261 e. The highest BCUT2D eigenvalue weighted by molar-refractivity contribution is 6.21. The summed E-state index contributed by atoms with van der Waals surface area (Å²) in [5.74, 6) is -0.531. The summed E-state index contributed by atoms with van der Waals surface area (Å²) in [7, 11) is 1.73. The van der Waals surface area contributed by atoms with Crippen molar-refractivity contribution in [3.05, 3.63) is 52.8 Å². The van der Waals surface area contributed by atoms with Crippen molar-refractivity contribution in [2.24, 2.45) is 7.05 Å². The summed E-state index contributed by atoms with van der Waals surface area (Å²) in [5.41, 5.74) is 2.04. The third kappa shape index (κ3) is 2.09. The lowest BCUT2D eigenvalue weighted by Gasteiger charge is -2.13. The minimum atomic E-state index is -0.265. The minimum absolute atomic E-state index is 0.265. The molecule has 6 nitrogen and oxygen atoms in total. The van der Waals surface area contributed by atoms with Gasteiger partial charge in [-0.1, -0.05) is 12.1 Å². The molecule has 0 N–H and O–H groups in total. The van der Waals surface area contributed by atoms with Gasteiger partial charge in [0.05, 0.1) is 11.1 Å². The van der Waals surface area contributed by atoms with E-state index in [4.69, 9.17) is 5.26 Å². The highest BCUT2D eigenvalue weighted by Crippen LogP contribution is 2.22. The topological polar surface area (TPSA) is 79.0 Å². The molecule has 3 rings (SSSR count). The molecule has 2 heterocycles. The second-order valence-electron chi connectivity index (χ2n) is 4.81. The normalized spacial score (nSPS) is 13.4. The molecule has 0 atom stereocenters. The molecule has 0 aliphatic carbocycles. The number of carbonyl (C=O) groups excluding carboxylic acids is 2. The van der Waals surface area contributed by atoms with Crippen LogP contribution in [0.2, 0.25) is 0 Å². The van der Waals surface area contributed by atoms with Gasteiger partial charge in [-0.25, -0.2) is 0 Å². The Bertz CT molecular complexity index is 750. The van der Waals surface area contributed by atoms with Crippen molar-refractivity contribution in [1.82, 2.24) is 14.7 Å². The van der Waals surface area contributed by atoms with Gasteiger partial charge in [0.25, 0.3) is 11.8 Å². The molecule has 2 amide bonds. The fraction of sp³-hybridized carbons (Fsp3) is 0.200. The summed E-state index contributed by atoms with van der Waals surface area (Å²) < 4.78 is 1.59. The zero-order valence-corrected chi connectivity index (χ0v) is 11.4. The SMILES string of the molecule is Cn1nc(C#N)cc1CCN1C(=O)c2ccccc2C1=O. The summed E-state index contributed by atoms with van der Waals surface area (Å²) in [6.07, 6.45) is 0.469. The van der Waals surface area contributed by atoms with Gasteiger partial charge in [0.15, 0.2) is 5.69 Å². The molecule has 0 fully saturated rings. The number of imide groups is 1. The monoisotopic (exact) mass is 280 g/mol. The zero-order chi connectivity index (χ0) is 15.0. The van der Waals surface area contributed by atoms with Gasteiger partial charge in [-0.05, 0) is 18.2 Å². The van der Waals surface area contributed by atoms with Crippen molar-refractivity contribution in [2.45, 2.75) is 6.42 Å². The number of hydrogen-bond acceptors (Lipinski definition) is 4. The molecule has 0 spiro atoms. The van der Waals surface area contributed by atoms with Crippen molar-refractivity contribution >= 4 is 11.8 Å². The van der Waals surface area contributed by atoms with E-state index in [9.17, 15) is 9.59 Å². The molecular weight excluding hydrogens is 268 g/mol. The number of amides is 2. The van der Waals surface area contributed by atoms with Crippen LogP contribution in [0.1, 0.15) is 32.1 Å². The molecule has 21 heavy (non-hydrogen) atoms. The summed E-state index contributed by atoms with van der Waals surface area (Å²) in [5, 5.41) is 12.8. The molecule has 2 aromatic rings. The van der Waals surface area contributed by atoms with E-state index in [1.165, 1.54) is 4.90 Å². The largest absolute Gasteiger partial charge is 0.274 e. The molecular formula is C15H12N4O2. The van der Waals surface area contributed by atoms with Crippen LogP contribution in [-0.4, -0.2) is 33.0 Å². The van der Waals surface area contributed by atoms with Crippen LogP contribution >= 0.6 is 0 Å². The average molecular weight is 280 g/mol. The molecule has 1 aliphatic rings. The van der Waals surface area contributed by atoms with E-state index in [0.717, 1.165) is 5.69 Å². The Balaban J connectivity index is 1.78. The number of aryl methyl sites for hydroxylation is 1. The minimum Gasteiger partial charge on any atom is -0.274 e. The van der Waals surface area contributed by atoms with E-state index in [1.807, 2.05) is 6.07 Å². The van der Waals surface area contributed by atoms with Gasteiger partial charge < -0.3 is 0 Å². The first-order valence-corrected chi connectivity index (χ1v) is 6.50. The second-order valence-corrected chi connectivity index (χ2v) is 4.81. The summed E-state index contributed by atoms with van der Waals surface area (Å²) in [6.45, 7) is 0.275. The van der Waals surface area contributed by atoms with Crippen LogP contribution in [0, 0.1) is 11.3 Å². The molecule has 0 saturated heterocycles. The lowest BCUT2D eigenvalue weighted by Crippen LogP contribution is -2.32. The Morgan fingerprint density at radius 2 is 1.81 bits per heavy atom. The maximum Gasteiger partial charge on any atom is 0.261 e. The van der Waals surface area contributed by atoms with Crippen LogP contribution in [0.25, 0.3) is 0 Å². The fourth-order valence-electron chi connectivity index (χ4n) is 2.46. The van der Waals surface area contributed by atoms with Gasteiger partial charge in [-0.15, -0.1) is 0 Å². The highest BCUT2D eigenvalue weighted by atomic mass is 16.2. The van der Waals surface area contributed by atoms with Crippen molar-refractivity contribution in [2.75, 3.05) is 6.54 Å². The molecule has 1 aliphatic heterocycles. The first-order chi connectivity index (χ1) is 10.1. The predicted molar refractivity (Wildman–Crippen MR) is 73.4 cm³/mol. The van der Waals surface area contributed by atoms with Gasteiger partial charge in [-0.2, -0.15) is 10.4 Å². The van der Waals surface area contributed by atoms with E-state index in [0.29, 0.717) is 23.2 Å². The van der Waals surface area contributed by atoms with Crippen molar-refractivity contribution in [3.63, 3.8) is 0 Å². The summed E-state index contributed by atoms with van der Waals surface area (Å²) >= 11 is 0. The van der Waals surface area contributed by atoms with Gasteiger partial charge in [-0.3, -0.25) is 19.2 Å². The second kappa shape index (κ2) is 4.87. The average Bonchev–Trinajstić information content (AvgIpc) is 2.97. The lowest BCUT2D eigenvalue weighted by atomic mass is 10.1. The fourth-order valence-corrected chi connectivity index (χ4v) is 2.46. The van der Waals surface area contributed by atoms with Crippen LogP contribution in [0.4, 0.5) is 0 Å². The number of carbonyl (C=O) groups is 2. The number of nitriles is 1. The zero-order valence-electron chi connectivity index (χ0n) is 11.4. The van der Waals surface area contributed by atoms with Crippen LogP contribution in [0.3, 0.4) is 0 Å². The number of benzene rings is 1. The predicted octanol–water partition coefficient (Wildman–Crippen LogP) is 1.13. The highest BCUT2D eigenvalue weighted by Gasteiger charge is 2.34. The van der Waals surface area contributed by atoms with Gasteiger partial charge in [0, 0.05) is 25.7 Å². The Labute approximate surface area is 121 Å². The Morgan fingerprint density at radius 1 is 1.19 bits per heavy atom. The quantitative estimate of drug-likeness (QED) is 0.789. The van der Waals surface area contributed by atoms with E-state index in [-0.39, 0.29) is 18.4 Å². The molecule has 6 heteroatoms. The number of rotatable bonds is 3. The molecule has 104 valence electrons. The van der Waals surface area contributed by atoms with E-state index in [1.54, 1.807) is 42.1 Å². The van der Waals surface area contributed by atoms with Crippen molar-refractivity contribution in [3.8, 4) is 6.07 Å². The van der Waals surface area contributed by atoms with Crippen molar-refractivity contribution < 1.29 is 9.59 Å². The first kappa shape index (κ1) is 13.1. The molecule has 0 bridgehead atoms. The van der Waals surface area contributed by atoms with Crippen LogP contribution in [0.15, 0.2) is 30.3 Å². The van der Waals surface area contributed by atoms with Crippen LogP contribution < -0.4 is 0 Å². The van der Waals surface area contributed by atoms with Crippen molar-refractivity contribution in [1.29, 1.82) is 5.26 Å². The lowest BCUT2D eigenvalue weighted by molar-refractivity contribution is 0.0655. The van der Waals surface area contributed by atoms with Crippen LogP contribution in [-0.2, 0) is 13.5 Å². The molecule has 0 unspecified atom stereocenters. The third-order valence-corrected chi connectivity index (χ3v) is 3.56. The van der Waals surface area contributed by atoms with Gasteiger partial charge in [0.1, 0.15) is 6.07 Å². The Kier molecular flexibility index (Phi) is 3.03. The number of hydrogen-bond donors (Lipinski definition) is 0. The van der Waals surface area contributed by atoms with E-state index < -0.39 is 0 Å². The standard InChI is InChI=1S/C15H12N4O2/c1-18-11(8-10(9-16)17-18)6-7-19-14(20)12-4-2-3-5-13(12)15(19)21/h2-5,8H,6-7H2,1H3. The van der Waals surface area contributed by atoms with E-state index in [2.05, 4.69) is 5.10 Å². The number of nitrogens with zero attached hydrogens (tertiary/aromatic N) is 4. The van der Waals surface area contributed by atoms with Crippen LogP contribution in [0.5, 0.6) is 0 Å². The molecule has 1 aromatic carbocycles. The number of fused-ring (bicyclic) bond motifs is 1. The summed E-state index contributed by atoms with van der Waals surface area (Å²) in [4.78, 5) is 25.6. The van der Waals surface area contributed by atoms with Gasteiger partial charge >= 0.3 is 0 Å². The molecule has 0 radical (unpaired) electrons.